The van der Waals surface area contributed by atoms with Crippen LogP contribution in [0.15, 0.2) is 75.4 Å². The van der Waals surface area contributed by atoms with Crippen molar-refractivity contribution in [3.05, 3.63) is 82.7 Å². The van der Waals surface area contributed by atoms with E-state index in [2.05, 4.69) is 15.2 Å². The lowest BCUT2D eigenvalue weighted by molar-refractivity contribution is 0.0696. The van der Waals surface area contributed by atoms with Crippen LogP contribution in [0.1, 0.15) is 26.3 Å². The summed E-state index contributed by atoms with van der Waals surface area (Å²) < 4.78 is 27.4. The molecule has 1 amide bonds. The van der Waals surface area contributed by atoms with Crippen LogP contribution in [-0.2, 0) is 10.0 Å². The Balaban J connectivity index is 1.78. The number of carboxylic acids is 1. The van der Waals surface area contributed by atoms with Gasteiger partial charge in [-0.15, -0.1) is 11.3 Å². The summed E-state index contributed by atoms with van der Waals surface area (Å²) in [5.41, 5.74) is 2.79. The minimum atomic E-state index is -3.82. The number of benzene rings is 2. The maximum atomic E-state index is 12.5. The van der Waals surface area contributed by atoms with Crippen LogP contribution in [0, 0.1) is 0 Å². The molecule has 0 spiro atoms. The van der Waals surface area contributed by atoms with Crippen LogP contribution in [-0.4, -0.2) is 31.6 Å². The molecule has 0 aliphatic carbocycles. The number of hydrogen-bond acceptors (Lipinski definition) is 6. The van der Waals surface area contributed by atoms with Crippen LogP contribution >= 0.6 is 11.3 Å². The van der Waals surface area contributed by atoms with Gasteiger partial charge in [0.05, 0.1) is 23.0 Å². The topological polar surface area (TPSA) is 125 Å². The zero-order valence-electron chi connectivity index (χ0n) is 14.8. The van der Waals surface area contributed by atoms with Gasteiger partial charge < -0.3 is 5.11 Å². The lowest BCUT2D eigenvalue weighted by Gasteiger charge is -2.10. The summed E-state index contributed by atoms with van der Waals surface area (Å²) in [5, 5.41) is 14.6. The number of carboxylic acid groups (broad SMARTS) is 1. The van der Waals surface area contributed by atoms with Crippen molar-refractivity contribution in [2.75, 3.05) is 4.72 Å². The molecule has 0 unspecified atom stereocenters. The molecule has 0 atom stereocenters. The number of para-hydroxylation sites is 1. The number of thiophene rings is 1. The molecule has 29 heavy (non-hydrogen) atoms. The Morgan fingerprint density at radius 3 is 2.34 bits per heavy atom. The number of carbonyl (C=O) groups is 2. The van der Waals surface area contributed by atoms with Gasteiger partial charge >= 0.3 is 5.97 Å². The summed E-state index contributed by atoms with van der Waals surface area (Å²) in [7, 11) is -3.82. The van der Waals surface area contributed by atoms with Gasteiger partial charge in [0.1, 0.15) is 4.21 Å². The van der Waals surface area contributed by atoms with Crippen molar-refractivity contribution in [3.63, 3.8) is 0 Å². The molecule has 3 N–H and O–H groups in total. The molecule has 10 heteroatoms. The summed E-state index contributed by atoms with van der Waals surface area (Å²) in [4.78, 5) is 23.7. The van der Waals surface area contributed by atoms with Crippen LogP contribution < -0.4 is 10.1 Å². The maximum Gasteiger partial charge on any atom is 0.336 e. The van der Waals surface area contributed by atoms with E-state index in [0.29, 0.717) is 5.56 Å². The third-order valence-electron chi connectivity index (χ3n) is 3.74. The van der Waals surface area contributed by atoms with Gasteiger partial charge in [0.15, 0.2) is 0 Å². The van der Waals surface area contributed by atoms with Gasteiger partial charge in [0.2, 0.25) is 0 Å². The molecule has 0 fully saturated rings. The third kappa shape index (κ3) is 4.86. The van der Waals surface area contributed by atoms with Crippen molar-refractivity contribution < 1.29 is 23.1 Å². The number of anilines is 1. The minimum Gasteiger partial charge on any atom is -0.478 e. The Bertz CT molecular complexity index is 1170. The predicted octanol–water partition coefficient (Wildman–Crippen LogP) is 3.01. The van der Waals surface area contributed by atoms with Crippen LogP contribution in [0.5, 0.6) is 0 Å². The number of nitrogens with one attached hydrogen (secondary N) is 2. The summed E-state index contributed by atoms with van der Waals surface area (Å²) in [6, 6.07) is 15.3. The summed E-state index contributed by atoms with van der Waals surface area (Å²) in [6.07, 6.45) is 1.21. The van der Waals surface area contributed by atoms with Gasteiger partial charge in [-0.1, -0.05) is 36.4 Å². The maximum absolute atomic E-state index is 12.5. The lowest BCUT2D eigenvalue weighted by atomic mass is 10.1. The molecule has 0 radical (unpaired) electrons. The monoisotopic (exact) mass is 429 g/mol. The summed E-state index contributed by atoms with van der Waals surface area (Å²) >= 11 is 1.06. The average Bonchev–Trinajstić information content (AvgIpc) is 3.24. The van der Waals surface area contributed by atoms with Crippen LogP contribution in [0.2, 0.25) is 0 Å². The standard InChI is InChI=1S/C19H15N3O5S2/c23-18(21-20-12-13-6-1-2-7-14(13)19(24)25)15-8-3-4-9-16(15)22-29(26,27)17-10-5-11-28-17/h1-12,22H,(H,21,23)(H,24,25)/b20-12+. The molecule has 0 aliphatic rings. The highest BCUT2D eigenvalue weighted by atomic mass is 32.2. The van der Waals surface area contributed by atoms with E-state index in [1.807, 2.05) is 0 Å². The Kier molecular flexibility index (Phi) is 6.05. The molecule has 0 aliphatic heterocycles. The summed E-state index contributed by atoms with van der Waals surface area (Å²) in [6.45, 7) is 0. The second kappa shape index (κ2) is 8.67. The molecule has 1 heterocycles. The molecule has 0 saturated carbocycles. The molecule has 3 rings (SSSR count). The Hall–Kier alpha value is -3.50. The van der Waals surface area contributed by atoms with Crippen LogP contribution in [0.25, 0.3) is 0 Å². The van der Waals surface area contributed by atoms with Gasteiger partial charge in [-0.05, 0) is 29.6 Å². The molecule has 2 aromatic carbocycles. The Morgan fingerprint density at radius 2 is 1.66 bits per heavy atom. The molecule has 148 valence electrons. The molecule has 1 aromatic heterocycles. The van der Waals surface area contributed by atoms with Gasteiger partial charge in [-0.3, -0.25) is 9.52 Å². The third-order valence-corrected chi connectivity index (χ3v) is 6.50. The number of hydrazone groups is 1. The normalized spacial score (nSPS) is 11.3. The number of rotatable bonds is 7. The van der Waals surface area contributed by atoms with E-state index in [1.165, 1.54) is 30.5 Å². The number of hydrogen-bond donors (Lipinski definition) is 3. The molecule has 0 saturated heterocycles. The highest BCUT2D eigenvalue weighted by Crippen LogP contribution is 2.22. The van der Waals surface area contributed by atoms with Gasteiger partial charge in [0.25, 0.3) is 15.9 Å². The van der Waals surface area contributed by atoms with E-state index in [0.717, 1.165) is 11.3 Å². The van der Waals surface area contributed by atoms with Crippen molar-refractivity contribution in [2.45, 2.75) is 4.21 Å². The van der Waals surface area contributed by atoms with Crippen LogP contribution in [0.3, 0.4) is 0 Å². The SMILES string of the molecule is O=C(O)c1ccccc1/C=N/NC(=O)c1ccccc1NS(=O)(=O)c1cccs1. The van der Waals surface area contributed by atoms with E-state index >= 15 is 0 Å². The smallest absolute Gasteiger partial charge is 0.336 e. The number of carbonyl (C=O) groups excluding carboxylic acids is 1. The minimum absolute atomic E-state index is 0.0367. The fourth-order valence-electron chi connectivity index (χ4n) is 2.41. The highest BCUT2D eigenvalue weighted by Gasteiger charge is 2.19. The zero-order valence-corrected chi connectivity index (χ0v) is 16.4. The second-order valence-electron chi connectivity index (χ2n) is 5.67. The lowest BCUT2D eigenvalue weighted by Crippen LogP contribution is -2.21. The second-order valence-corrected chi connectivity index (χ2v) is 8.53. The van der Waals surface area contributed by atoms with E-state index in [-0.39, 0.29) is 21.0 Å². The number of sulfonamides is 1. The Morgan fingerprint density at radius 1 is 0.966 bits per heavy atom. The molecular weight excluding hydrogens is 414 g/mol. The number of aromatic carboxylic acids is 1. The van der Waals surface area contributed by atoms with Crippen molar-refractivity contribution >= 4 is 45.1 Å². The number of nitrogens with zero attached hydrogens (tertiary/aromatic N) is 1. The van der Waals surface area contributed by atoms with Crippen molar-refractivity contribution in [1.29, 1.82) is 0 Å². The Labute approximate surface area is 170 Å². The van der Waals surface area contributed by atoms with Gasteiger partial charge in [0, 0.05) is 5.56 Å². The van der Waals surface area contributed by atoms with Gasteiger partial charge in [-0.25, -0.2) is 18.6 Å². The van der Waals surface area contributed by atoms with Crippen LogP contribution in [0.4, 0.5) is 5.69 Å². The quantitative estimate of drug-likeness (QED) is 0.393. The zero-order chi connectivity index (χ0) is 20.9. The molecule has 8 nitrogen and oxygen atoms in total. The first-order valence-electron chi connectivity index (χ1n) is 8.19. The fraction of sp³-hybridized carbons (Fsp3) is 0. The van der Waals surface area contributed by atoms with Crippen molar-refractivity contribution in [2.24, 2.45) is 5.10 Å². The van der Waals surface area contributed by atoms with Crippen molar-refractivity contribution in [3.8, 4) is 0 Å². The summed E-state index contributed by atoms with van der Waals surface area (Å²) in [5.74, 6) is -1.77. The predicted molar refractivity (Wildman–Crippen MR) is 110 cm³/mol. The number of amides is 1. The average molecular weight is 429 g/mol. The first-order valence-corrected chi connectivity index (χ1v) is 10.6. The van der Waals surface area contributed by atoms with Gasteiger partial charge in [-0.2, -0.15) is 5.10 Å². The first kappa shape index (κ1) is 20.2. The molecule has 3 aromatic rings. The molecular formula is C19H15N3O5S2. The van der Waals surface area contributed by atoms with E-state index in [1.54, 1.807) is 41.8 Å². The van der Waals surface area contributed by atoms with E-state index in [9.17, 15) is 18.0 Å². The highest BCUT2D eigenvalue weighted by molar-refractivity contribution is 7.94. The molecule has 0 bridgehead atoms. The van der Waals surface area contributed by atoms with Crippen molar-refractivity contribution in [1.82, 2.24) is 5.43 Å². The fourth-order valence-corrected chi connectivity index (χ4v) is 4.48. The van der Waals surface area contributed by atoms with E-state index < -0.39 is 21.9 Å². The first-order chi connectivity index (χ1) is 13.9. The largest absolute Gasteiger partial charge is 0.478 e. The van der Waals surface area contributed by atoms with E-state index in [4.69, 9.17) is 5.11 Å².